The van der Waals surface area contributed by atoms with Gasteiger partial charge in [0.25, 0.3) is 0 Å². The summed E-state index contributed by atoms with van der Waals surface area (Å²) in [5.41, 5.74) is 6.92. The Kier molecular flexibility index (Phi) is 4.65. The summed E-state index contributed by atoms with van der Waals surface area (Å²) < 4.78 is 5.32. The van der Waals surface area contributed by atoms with Crippen molar-refractivity contribution in [3.8, 4) is 5.75 Å². The smallest absolute Gasteiger partial charge is 0.223 e. The monoisotopic (exact) mass is 276 g/mol. The van der Waals surface area contributed by atoms with Crippen LogP contribution in [0.4, 0.5) is 0 Å². The fraction of sp³-hybridized carbons (Fsp3) is 0.562. The molecule has 1 fully saturated rings. The number of benzene rings is 1. The molecule has 1 aliphatic carbocycles. The highest BCUT2D eigenvalue weighted by atomic mass is 16.5. The van der Waals surface area contributed by atoms with Crippen molar-refractivity contribution in [3.05, 3.63) is 29.8 Å². The third-order valence-corrected chi connectivity index (χ3v) is 4.40. The lowest BCUT2D eigenvalue weighted by Gasteiger charge is -2.41. The Morgan fingerprint density at radius 2 is 2.10 bits per heavy atom. The molecule has 0 radical (unpaired) electrons. The van der Waals surface area contributed by atoms with Crippen LogP contribution in [0.15, 0.2) is 24.3 Å². The highest BCUT2D eigenvalue weighted by Crippen LogP contribution is 2.43. The number of nitrogens with two attached hydrogens (primary N) is 1. The molecule has 0 unspecified atom stereocenters. The van der Waals surface area contributed by atoms with E-state index in [4.69, 9.17) is 10.5 Å². The van der Waals surface area contributed by atoms with Gasteiger partial charge < -0.3 is 15.4 Å². The van der Waals surface area contributed by atoms with E-state index in [1.165, 1.54) is 6.42 Å². The Hall–Kier alpha value is -1.55. The molecule has 0 heterocycles. The Morgan fingerprint density at radius 3 is 2.65 bits per heavy atom. The van der Waals surface area contributed by atoms with E-state index < -0.39 is 0 Å². The molecule has 1 amide bonds. The Balaban J connectivity index is 1.97. The van der Waals surface area contributed by atoms with Crippen molar-refractivity contribution in [2.24, 2.45) is 11.1 Å². The Morgan fingerprint density at radius 1 is 1.40 bits per heavy atom. The topological polar surface area (TPSA) is 55.6 Å². The quantitative estimate of drug-likeness (QED) is 0.866. The molecule has 110 valence electrons. The Labute approximate surface area is 120 Å². The molecule has 0 aromatic heterocycles. The highest BCUT2D eigenvalue weighted by Gasteiger charge is 2.38. The van der Waals surface area contributed by atoms with Crippen LogP contribution in [0.1, 0.15) is 31.2 Å². The van der Waals surface area contributed by atoms with Crippen LogP contribution in [0.3, 0.4) is 0 Å². The average molecular weight is 276 g/mol. The molecule has 2 rings (SSSR count). The maximum atomic E-state index is 12.3. The second-order valence-electron chi connectivity index (χ2n) is 5.80. The van der Waals surface area contributed by atoms with Crippen LogP contribution in [-0.4, -0.2) is 31.5 Å². The predicted molar refractivity (Wildman–Crippen MR) is 79.4 cm³/mol. The van der Waals surface area contributed by atoms with Gasteiger partial charge in [-0.05, 0) is 30.9 Å². The van der Waals surface area contributed by atoms with Crippen LogP contribution in [-0.2, 0) is 11.3 Å². The molecule has 0 spiro atoms. The van der Waals surface area contributed by atoms with Gasteiger partial charge in [0, 0.05) is 25.6 Å². The summed E-state index contributed by atoms with van der Waals surface area (Å²) in [6, 6.07) is 7.80. The summed E-state index contributed by atoms with van der Waals surface area (Å²) in [6.45, 7) is 1.19. The van der Waals surface area contributed by atoms with E-state index in [-0.39, 0.29) is 11.3 Å². The van der Waals surface area contributed by atoms with Crippen LogP contribution in [0, 0.1) is 5.41 Å². The normalized spacial score (nSPS) is 16.4. The number of rotatable bonds is 6. The molecule has 2 N–H and O–H groups in total. The molecule has 4 heteroatoms. The van der Waals surface area contributed by atoms with Gasteiger partial charge in [-0.15, -0.1) is 0 Å². The summed E-state index contributed by atoms with van der Waals surface area (Å²) in [6.07, 6.45) is 3.92. The van der Waals surface area contributed by atoms with E-state index in [0.29, 0.717) is 19.5 Å². The standard InChI is InChI=1S/C16H24N2O2/c1-18(11-13-6-3-4-7-14(13)20-2)15(19)10-16(12-17)8-5-9-16/h3-4,6-7H,5,8-12,17H2,1-2H3. The lowest BCUT2D eigenvalue weighted by Crippen LogP contribution is -2.42. The number of carbonyl (C=O) groups excluding carboxylic acids is 1. The fourth-order valence-electron chi connectivity index (χ4n) is 2.76. The zero-order valence-corrected chi connectivity index (χ0v) is 12.4. The fourth-order valence-corrected chi connectivity index (χ4v) is 2.76. The van der Waals surface area contributed by atoms with Crippen molar-refractivity contribution in [1.82, 2.24) is 4.90 Å². The van der Waals surface area contributed by atoms with Gasteiger partial charge in [0.15, 0.2) is 0 Å². The molecule has 0 bridgehead atoms. The van der Waals surface area contributed by atoms with Gasteiger partial charge in [-0.2, -0.15) is 0 Å². The predicted octanol–water partition coefficient (Wildman–Crippen LogP) is 2.17. The summed E-state index contributed by atoms with van der Waals surface area (Å²) in [7, 11) is 3.50. The third kappa shape index (κ3) is 3.12. The molecule has 1 aromatic rings. The van der Waals surface area contributed by atoms with E-state index in [1.807, 2.05) is 31.3 Å². The lowest BCUT2D eigenvalue weighted by atomic mass is 9.66. The largest absolute Gasteiger partial charge is 0.496 e. The van der Waals surface area contributed by atoms with Crippen molar-refractivity contribution in [3.63, 3.8) is 0 Å². The van der Waals surface area contributed by atoms with Crippen molar-refractivity contribution >= 4 is 5.91 Å². The minimum atomic E-state index is 0.0616. The zero-order valence-electron chi connectivity index (χ0n) is 12.4. The van der Waals surface area contributed by atoms with Gasteiger partial charge in [-0.1, -0.05) is 24.6 Å². The van der Waals surface area contributed by atoms with Crippen LogP contribution >= 0.6 is 0 Å². The summed E-state index contributed by atoms with van der Waals surface area (Å²) >= 11 is 0. The van der Waals surface area contributed by atoms with Gasteiger partial charge in [0.2, 0.25) is 5.91 Å². The van der Waals surface area contributed by atoms with E-state index in [1.54, 1.807) is 12.0 Å². The number of ether oxygens (including phenoxy) is 1. The van der Waals surface area contributed by atoms with Crippen molar-refractivity contribution < 1.29 is 9.53 Å². The average Bonchev–Trinajstić information content (AvgIpc) is 2.43. The molecule has 0 atom stereocenters. The van der Waals surface area contributed by atoms with Crippen LogP contribution in [0.2, 0.25) is 0 Å². The van der Waals surface area contributed by atoms with E-state index in [9.17, 15) is 4.79 Å². The molecule has 1 saturated carbocycles. The minimum absolute atomic E-state index is 0.0616. The molecule has 20 heavy (non-hydrogen) atoms. The molecule has 0 aliphatic heterocycles. The molecule has 4 nitrogen and oxygen atoms in total. The number of para-hydroxylation sites is 1. The first-order chi connectivity index (χ1) is 9.60. The number of hydrogen-bond donors (Lipinski definition) is 1. The first kappa shape index (κ1) is 14.9. The van der Waals surface area contributed by atoms with Crippen LogP contribution < -0.4 is 10.5 Å². The molecule has 0 saturated heterocycles. The van der Waals surface area contributed by atoms with Gasteiger partial charge in [-0.3, -0.25) is 4.79 Å². The number of methoxy groups -OCH3 is 1. The first-order valence-electron chi connectivity index (χ1n) is 7.16. The van der Waals surface area contributed by atoms with Crippen LogP contribution in [0.25, 0.3) is 0 Å². The Bertz CT molecular complexity index is 464. The van der Waals surface area contributed by atoms with Gasteiger partial charge in [0.05, 0.1) is 7.11 Å². The second-order valence-corrected chi connectivity index (χ2v) is 5.80. The lowest BCUT2D eigenvalue weighted by molar-refractivity contribution is -0.134. The highest BCUT2D eigenvalue weighted by molar-refractivity contribution is 5.77. The minimum Gasteiger partial charge on any atom is -0.496 e. The van der Waals surface area contributed by atoms with Crippen LogP contribution in [0.5, 0.6) is 5.75 Å². The molecular weight excluding hydrogens is 252 g/mol. The second kappa shape index (κ2) is 6.27. The number of hydrogen-bond acceptors (Lipinski definition) is 3. The first-order valence-corrected chi connectivity index (χ1v) is 7.16. The number of nitrogens with zero attached hydrogens (tertiary/aromatic N) is 1. The zero-order chi connectivity index (χ0) is 14.6. The molecular formula is C16H24N2O2. The maximum absolute atomic E-state index is 12.3. The van der Waals surface area contributed by atoms with Crippen molar-refractivity contribution in [2.45, 2.75) is 32.2 Å². The van der Waals surface area contributed by atoms with E-state index in [0.717, 1.165) is 24.2 Å². The summed E-state index contributed by atoms with van der Waals surface area (Å²) in [4.78, 5) is 14.1. The third-order valence-electron chi connectivity index (χ3n) is 4.40. The summed E-state index contributed by atoms with van der Waals surface area (Å²) in [5, 5.41) is 0. The SMILES string of the molecule is COc1ccccc1CN(C)C(=O)CC1(CN)CCC1. The summed E-state index contributed by atoms with van der Waals surface area (Å²) in [5.74, 6) is 0.991. The number of amides is 1. The maximum Gasteiger partial charge on any atom is 0.223 e. The van der Waals surface area contributed by atoms with Gasteiger partial charge in [0.1, 0.15) is 5.75 Å². The van der Waals surface area contributed by atoms with Gasteiger partial charge in [-0.25, -0.2) is 0 Å². The van der Waals surface area contributed by atoms with Gasteiger partial charge >= 0.3 is 0 Å². The van der Waals surface area contributed by atoms with E-state index >= 15 is 0 Å². The molecule has 1 aliphatic rings. The molecule has 1 aromatic carbocycles. The van der Waals surface area contributed by atoms with Crippen molar-refractivity contribution in [1.29, 1.82) is 0 Å². The van der Waals surface area contributed by atoms with Crippen molar-refractivity contribution in [2.75, 3.05) is 20.7 Å². The number of carbonyl (C=O) groups is 1. The van der Waals surface area contributed by atoms with E-state index in [2.05, 4.69) is 0 Å².